The van der Waals surface area contributed by atoms with Crippen molar-refractivity contribution >= 4 is 17.2 Å². The Morgan fingerprint density at radius 2 is 2.00 bits per heavy atom. The van der Waals surface area contributed by atoms with E-state index in [1.807, 2.05) is 0 Å². The van der Waals surface area contributed by atoms with E-state index in [-0.39, 0.29) is 18.4 Å². The minimum absolute atomic E-state index is 0.00449. The summed E-state index contributed by atoms with van der Waals surface area (Å²) >= 11 is 1.76. The molecule has 0 bridgehead atoms. The number of nitrogens with one attached hydrogen (secondary N) is 1. The Labute approximate surface area is 142 Å². The van der Waals surface area contributed by atoms with Gasteiger partial charge < -0.3 is 10.4 Å². The van der Waals surface area contributed by atoms with Gasteiger partial charge in [-0.25, -0.2) is 0 Å². The lowest BCUT2D eigenvalue weighted by atomic mass is 9.82. The summed E-state index contributed by atoms with van der Waals surface area (Å²) in [6.45, 7) is 2.88. The maximum atomic E-state index is 12.3. The zero-order chi connectivity index (χ0) is 16.1. The highest BCUT2D eigenvalue weighted by atomic mass is 32.1. The monoisotopic (exact) mass is 336 g/mol. The van der Waals surface area contributed by atoms with Crippen LogP contribution in [0.5, 0.6) is 0 Å². The maximum Gasteiger partial charge on any atom is 0.222 e. The van der Waals surface area contributed by atoms with Gasteiger partial charge in [0.05, 0.1) is 18.1 Å². The van der Waals surface area contributed by atoms with Gasteiger partial charge in [0.25, 0.3) is 0 Å². The van der Waals surface area contributed by atoms with Gasteiger partial charge in [0.15, 0.2) is 0 Å². The predicted molar refractivity (Wildman–Crippen MR) is 93.5 cm³/mol. The second-order valence-corrected chi connectivity index (χ2v) is 8.02. The standard InChI is InChI=1S/C18H28N2O2S/c21-17(13-18(22)8-2-1-3-9-18)19-14-15(16-7-6-12-23-16)20-10-4-5-11-20/h6-7,12,15,22H,1-5,8-11,13-14H2,(H,19,21). The molecule has 4 nitrogen and oxygen atoms in total. The van der Waals surface area contributed by atoms with Gasteiger partial charge in [-0.1, -0.05) is 25.3 Å². The summed E-state index contributed by atoms with van der Waals surface area (Å²) in [5, 5.41) is 15.7. The molecule has 1 aliphatic carbocycles. The second-order valence-electron chi connectivity index (χ2n) is 7.04. The van der Waals surface area contributed by atoms with E-state index in [4.69, 9.17) is 0 Å². The molecule has 0 aromatic carbocycles. The third-order valence-corrected chi connectivity index (χ3v) is 6.19. The van der Waals surface area contributed by atoms with Crippen molar-refractivity contribution in [3.05, 3.63) is 22.4 Å². The second kappa shape index (κ2) is 7.77. The SMILES string of the molecule is O=C(CC1(O)CCCCC1)NCC(c1cccs1)N1CCCC1. The molecule has 1 amide bonds. The largest absolute Gasteiger partial charge is 0.389 e. The fourth-order valence-electron chi connectivity index (χ4n) is 3.90. The van der Waals surface area contributed by atoms with Crippen LogP contribution in [0.1, 0.15) is 62.3 Å². The number of nitrogens with zero attached hydrogens (tertiary/aromatic N) is 1. The smallest absolute Gasteiger partial charge is 0.222 e. The predicted octanol–water partition coefficient (Wildman–Crippen LogP) is 3.09. The molecule has 5 heteroatoms. The zero-order valence-corrected chi connectivity index (χ0v) is 14.6. The Morgan fingerprint density at radius 1 is 1.26 bits per heavy atom. The maximum absolute atomic E-state index is 12.3. The van der Waals surface area contributed by atoms with Crippen LogP contribution in [0.2, 0.25) is 0 Å². The highest BCUT2D eigenvalue weighted by Gasteiger charge is 2.32. The van der Waals surface area contributed by atoms with Crippen LogP contribution in [0.4, 0.5) is 0 Å². The van der Waals surface area contributed by atoms with E-state index >= 15 is 0 Å². The summed E-state index contributed by atoms with van der Waals surface area (Å²) in [5.41, 5.74) is -0.769. The number of likely N-dealkylation sites (tertiary alicyclic amines) is 1. The quantitative estimate of drug-likeness (QED) is 0.839. The van der Waals surface area contributed by atoms with Crippen LogP contribution in [0.15, 0.2) is 17.5 Å². The third-order valence-electron chi connectivity index (χ3n) is 5.22. The van der Waals surface area contributed by atoms with Gasteiger partial charge in [-0.2, -0.15) is 0 Å². The van der Waals surface area contributed by atoms with Crippen LogP contribution in [-0.4, -0.2) is 41.1 Å². The first-order valence-electron chi connectivity index (χ1n) is 8.93. The molecule has 1 aliphatic heterocycles. The summed E-state index contributed by atoms with van der Waals surface area (Å²) < 4.78 is 0. The van der Waals surface area contributed by atoms with Crippen molar-refractivity contribution in [2.45, 2.75) is 63.0 Å². The summed E-state index contributed by atoms with van der Waals surface area (Å²) in [7, 11) is 0. The normalized spacial score (nSPS) is 22.8. The fraction of sp³-hybridized carbons (Fsp3) is 0.722. The lowest BCUT2D eigenvalue weighted by molar-refractivity contribution is -0.127. The van der Waals surface area contributed by atoms with E-state index in [1.165, 1.54) is 24.1 Å². The molecule has 3 rings (SSSR count). The van der Waals surface area contributed by atoms with Crippen LogP contribution < -0.4 is 5.32 Å². The van der Waals surface area contributed by atoms with E-state index in [0.29, 0.717) is 6.54 Å². The highest BCUT2D eigenvalue weighted by molar-refractivity contribution is 7.10. The zero-order valence-electron chi connectivity index (χ0n) is 13.8. The molecule has 1 unspecified atom stereocenters. The number of hydrogen-bond donors (Lipinski definition) is 2. The molecular formula is C18H28N2O2S. The Hall–Kier alpha value is -0.910. The highest BCUT2D eigenvalue weighted by Crippen LogP contribution is 2.31. The van der Waals surface area contributed by atoms with E-state index < -0.39 is 5.60 Å². The van der Waals surface area contributed by atoms with Gasteiger partial charge in [-0.3, -0.25) is 9.69 Å². The molecular weight excluding hydrogens is 308 g/mol. The minimum Gasteiger partial charge on any atom is -0.389 e. The van der Waals surface area contributed by atoms with Crippen molar-refractivity contribution in [1.29, 1.82) is 0 Å². The number of aliphatic hydroxyl groups is 1. The Bertz CT molecular complexity index is 491. The molecule has 1 aromatic heterocycles. The number of carbonyl (C=O) groups is 1. The number of rotatable bonds is 6. The fourth-order valence-corrected chi connectivity index (χ4v) is 4.76. The molecule has 23 heavy (non-hydrogen) atoms. The number of carbonyl (C=O) groups excluding carboxylic acids is 1. The molecule has 0 radical (unpaired) electrons. The van der Waals surface area contributed by atoms with E-state index in [2.05, 4.69) is 27.7 Å². The van der Waals surface area contributed by atoms with Crippen molar-refractivity contribution in [3.63, 3.8) is 0 Å². The van der Waals surface area contributed by atoms with Crippen molar-refractivity contribution in [2.75, 3.05) is 19.6 Å². The van der Waals surface area contributed by atoms with E-state index in [1.54, 1.807) is 11.3 Å². The molecule has 2 fully saturated rings. The topological polar surface area (TPSA) is 52.6 Å². The Kier molecular flexibility index (Phi) is 5.72. The molecule has 1 atom stereocenters. The molecule has 2 N–H and O–H groups in total. The van der Waals surface area contributed by atoms with Crippen molar-refractivity contribution in [3.8, 4) is 0 Å². The molecule has 128 valence electrons. The molecule has 1 aromatic rings. The van der Waals surface area contributed by atoms with Crippen molar-refractivity contribution in [1.82, 2.24) is 10.2 Å². The summed E-state index contributed by atoms with van der Waals surface area (Å²) in [4.78, 5) is 16.1. The molecule has 2 heterocycles. The minimum atomic E-state index is -0.769. The van der Waals surface area contributed by atoms with Gasteiger partial charge in [0.1, 0.15) is 0 Å². The van der Waals surface area contributed by atoms with Gasteiger partial charge in [-0.15, -0.1) is 11.3 Å². The van der Waals surface area contributed by atoms with Gasteiger partial charge in [-0.05, 0) is 50.2 Å². The first-order valence-corrected chi connectivity index (χ1v) is 9.81. The van der Waals surface area contributed by atoms with E-state index in [0.717, 1.165) is 38.8 Å². The summed E-state index contributed by atoms with van der Waals surface area (Å²) in [6.07, 6.45) is 7.53. The van der Waals surface area contributed by atoms with Crippen LogP contribution in [-0.2, 0) is 4.79 Å². The average Bonchev–Trinajstić information content (AvgIpc) is 3.21. The summed E-state index contributed by atoms with van der Waals surface area (Å²) in [5.74, 6) is -0.00449. The first kappa shape index (κ1) is 16.9. The van der Waals surface area contributed by atoms with Crippen LogP contribution >= 0.6 is 11.3 Å². The van der Waals surface area contributed by atoms with E-state index in [9.17, 15) is 9.90 Å². The lowest BCUT2D eigenvalue weighted by Gasteiger charge is -2.32. The van der Waals surface area contributed by atoms with Crippen LogP contribution in [0.25, 0.3) is 0 Å². The number of thiophene rings is 1. The van der Waals surface area contributed by atoms with Gasteiger partial charge in [0, 0.05) is 11.4 Å². The number of hydrogen-bond acceptors (Lipinski definition) is 4. The molecule has 1 saturated heterocycles. The van der Waals surface area contributed by atoms with Gasteiger partial charge in [0.2, 0.25) is 5.91 Å². The molecule has 1 saturated carbocycles. The molecule has 0 spiro atoms. The van der Waals surface area contributed by atoms with Crippen LogP contribution in [0, 0.1) is 0 Å². The Balaban J connectivity index is 1.54. The van der Waals surface area contributed by atoms with Gasteiger partial charge >= 0.3 is 0 Å². The Morgan fingerprint density at radius 3 is 2.65 bits per heavy atom. The third kappa shape index (κ3) is 4.55. The van der Waals surface area contributed by atoms with Crippen LogP contribution in [0.3, 0.4) is 0 Å². The summed E-state index contributed by atoms with van der Waals surface area (Å²) in [6, 6.07) is 4.52. The average molecular weight is 337 g/mol. The molecule has 2 aliphatic rings. The lowest BCUT2D eigenvalue weighted by Crippen LogP contribution is -2.41. The van der Waals surface area contributed by atoms with Crippen molar-refractivity contribution < 1.29 is 9.90 Å². The first-order chi connectivity index (χ1) is 11.2. The van der Waals surface area contributed by atoms with Crippen molar-refractivity contribution in [2.24, 2.45) is 0 Å². The number of amides is 1.